The van der Waals surface area contributed by atoms with Gasteiger partial charge in [-0.1, -0.05) is 6.92 Å². The van der Waals surface area contributed by atoms with E-state index in [1.165, 1.54) is 24.2 Å². The molecule has 0 bridgehead atoms. The van der Waals surface area contributed by atoms with Crippen molar-refractivity contribution in [2.75, 3.05) is 0 Å². The third kappa shape index (κ3) is 1.77. The van der Waals surface area contributed by atoms with Crippen molar-refractivity contribution in [2.24, 2.45) is 5.41 Å². The quantitative estimate of drug-likeness (QED) is 0.865. The van der Waals surface area contributed by atoms with Gasteiger partial charge in [-0.2, -0.15) is 0 Å². The molecular formula is C12H14N2OS2. The molecule has 2 aromatic rings. The lowest BCUT2D eigenvalue weighted by Gasteiger charge is -2.14. The smallest absolute Gasteiger partial charge is 0.263 e. The van der Waals surface area contributed by atoms with Crippen LogP contribution >= 0.6 is 23.6 Å². The summed E-state index contributed by atoms with van der Waals surface area (Å²) in [6.07, 6.45) is 3.55. The molecule has 1 aliphatic carbocycles. The molecule has 0 amide bonds. The van der Waals surface area contributed by atoms with Gasteiger partial charge >= 0.3 is 0 Å². The molecule has 5 heteroatoms. The van der Waals surface area contributed by atoms with Gasteiger partial charge in [-0.25, -0.2) is 0 Å². The van der Waals surface area contributed by atoms with Gasteiger partial charge in [-0.3, -0.25) is 9.36 Å². The third-order valence-electron chi connectivity index (χ3n) is 3.81. The van der Waals surface area contributed by atoms with Crippen molar-refractivity contribution >= 4 is 33.8 Å². The van der Waals surface area contributed by atoms with Crippen molar-refractivity contribution in [1.82, 2.24) is 9.55 Å². The molecule has 3 nitrogen and oxygen atoms in total. The van der Waals surface area contributed by atoms with Crippen LogP contribution in [0.2, 0.25) is 0 Å². The highest BCUT2D eigenvalue weighted by atomic mass is 32.1. The Labute approximate surface area is 108 Å². The zero-order valence-electron chi connectivity index (χ0n) is 9.66. The van der Waals surface area contributed by atoms with E-state index in [-0.39, 0.29) is 5.56 Å². The van der Waals surface area contributed by atoms with Crippen molar-refractivity contribution in [3.8, 4) is 0 Å². The molecule has 1 N–H and O–H groups in total. The number of H-pyrrole nitrogens is 1. The van der Waals surface area contributed by atoms with Crippen LogP contribution in [-0.2, 0) is 6.54 Å². The highest BCUT2D eigenvalue weighted by molar-refractivity contribution is 7.71. The summed E-state index contributed by atoms with van der Waals surface area (Å²) in [4.78, 5) is 16.4. The topological polar surface area (TPSA) is 37.8 Å². The Balaban J connectivity index is 2.15. The summed E-state index contributed by atoms with van der Waals surface area (Å²) in [5, 5.41) is 2.68. The third-order valence-corrected chi connectivity index (χ3v) is 4.96. The summed E-state index contributed by atoms with van der Waals surface area (Å²) >= 11 is 6.82. The maximum absolute atomic E-state index is 12.3. The minimum absolute atomic E-state index is 0.0599. The van der Waals surface area contributed by atoms with Gasteiger partial charge in [0.25, 0.3) is 5.56 Å². The van der Waals surface area contributed by atoms with Gasteiger partial charge < -0.3 is 4.98 Å². The highest BCUT2D eigenvalue weighted by Gasteiger charge is 2.41. The van der Waals surface area contributed by atoms with Crippen LogP contribution in [0.15, 0.2) is 16.2 Å². The fraction of sp³-hybridized carbons (Fsp3) is 0.500. The van der Waals surface area contributed by atoms with Gasteiger partial charge in [0.15, 0.2) is 4.77 Å². The zero-order chi connectivity index (χ0) is 12.0. The van der Waals surface area contributed by atoms with Gasteiger partial charge in [-0.15, -0.1) is 11.3 Å². The molecule has 1 saturated carbocycles. The molecule has 17 heavy (non-hydrogen) atoms. The standard InChI is InChI=1S/C12H14N2OS2/c1-2-12(4-5-12)7-14-10(15)8-3-6-17-9(8)13-11(14)16/h3,6H,2,4-5,7H2,1H3,(H,13,16). The van der Waals surface area contributed by atoms with Crippen molar-refractivity contribution in [2.45, 2.75) is 32.7 Å². The normalized spacial score (nSPS) is 17.5. The highest BCUT2D eigenvalue weighted by Crippen LogP contribution is 2.49. The number of hydrogen-bond donors (Lipinski definition) is 1. The molecule has 90 valence electrons. The van der Waals surface area contributed by atoms with E-state index in [9.17, 15) is 4.79 Å². The maximum Gasteiger partial charge on any atom is 0.263 e. The predicted octanol–water partition coefficient (Wildman–Crippen LogP) is 3.31. The molecule has 0 saturated heterocycles. The lowest BCUT2D eigenvalue weighted by molar-refractivity contribution is 0.398. The van der Waals surface area contributed by atoms with Crippen LogP contribution in [0, 0.1) is 10.2 Å². The van der Waals surface area contributed by atoms with Crippen LogP contribution < -0.4 is 5.56 Å². The first-order chi connectivity index (χ1) is 8.15. The Morgan fingerprint density at radius 2 is 2.35 bits per heavy atom. The zero-order valence-corrected chi connectivity index (χ0v) is 11.3. The second kappa shape index (κ2) is 3.78. The molecule has 0 radical (unpaired) electrons. The Kier molecular flexibility index (Phi) is 2.48. The summed E-state index contributed by atoms with van der Waals surface area (Å²) in [6, 6.07) is 1.87. The molecule has 1 aliphatic rings. The number of rotatable bonds is 3. The molecule has 3 rings (SSSR count). The molecule has 1 fully saturated rings. The van der Waals surface area contributed by atoms with E-state index in [0.717, 1.165) is 23.2 Å². The van der Waals surface area contributed by atoms with E-state index in [1.54, 1.807) is 4.57 Å². The monoisotopic (exact) mass is 266 g/mol. The molecule has 0 aliphatic heterocycles. The van der Waals surface area contributed by atoms with Crippen LogP contribution in [0.1, 0.15) is 26.2 Å². The molecule has 0 aromatic carbocycles. The fourth-order valence-corrected chi connectivity index (χ4v) is 3.35. The molecule has 0 spiro atoms. The maximum atomic E-state index is 12.3. The van der Waals surface area contributed by atoms with Gasteiger partial charge in [-0.05, 0) is 48.3 Å². The van der Waals surface area contributed by atoms with Crippen molar-refractivity contribution in [3.63, 3.8) is 0 Å². The van der Waals surface area contributed by atoms with Gasteiger partial charge in [0, 0.05) is 6.54 Å². The van der Waals surface area contributed by atoms with E-state index < -0.39 is 0 Å². The summed E-state index contributed by atoms with van der Waals surface area (Å²) in [5.74, 6) is 0. The molecular weight excluding hydrogens is 252 g/mol. The van der Waals surface area contributed by atoms with Crippen LogP contribution in [-0.4, -0.2) is 9.55 Å². The van der Waals surface area contributed by atoms with Crippen molar-refractivity contribution in [1.29, 1.82) is 0 Å². The number of aromatic nitrogens is 2. The van der Waals surface area contributed by atoms with E-state index in [0.29, 0.717) is 10.2 Å². The largest absolute Gasteiger partial charge is 0.323 e. The first-order valence-corrected chi connectivity index (χ1v) is 7.14. The number of hydrogen-bond acceptors (Lipinski definition) is 3. The number of fused-ring (bicyclic) bond motifs is 1. The Morgan fingerprint density at radius 1 is 1.59 bits per heavy atom. The predicted molar refractivity (Wildman–Crippen MR) is 73.2 cm³/mol. The average Bonchev–Trinajstić information content (AvgIpc) is 2.95. The molecule has 2 heterocycles. The molecule has 0 atom stereocenters. The average molecular weight is 266 g/mol. The molecule has 2 aromatic heterocycles. The first-order valence-electron chi connectivity index (χ1n) is 5.85. The number of nitrogens with zero attached hydrogens (tertiary/aromatic N) is 1. The Bertz CT molecular complexity index is 676. The number of thiophene rings is 1. The lowest BCUT2D eigenvalue weighted by atomic mass is 10.0. The van der Waals surface area contributed by atoms with Gasteiger partial charge in [0.1, 0.15) is 4.83 Å². The van der Waals surface area contributed by atoms with E-state index in [1.807, 2.05) is 11.4 Å². The fourth-order valence-electron chi connectivity index (χ4n) is 2.26. The van der Waals surface area contributed by atoms with E-state index >= 15 is 0 Å². The van der Waals surface area contributed by atoms with E-state index in [2.05, 4.69) is 11.9 Å². The Morgan fingerprint density at radius 3 is 3.00 bits per heavy atom. The first kappa shape index (κ1) is 11.2. The van der Waals surface area contributed by atoms with Crippen molar-refractivity contribution < 1.29 is 0 Å². The number of nitrogens with one attached hydrogen (secondary N) is 1. The lowest BCUT2D eigenvalue weighted by Crippen LogP contribution is -2.25. The van der Waals surface area contributed by atoms with Crippen LogP contribution in [0.4, 0.5) is 0 Å². The second-order valence-electron chi connectivity index (χ2n) is 4.84. The van der Waals surface area contributed by atoms with Crippen LogP contribution in [0.3, 0.4) is 0 Å². The van der Waals surface area contributed by atoms with Crippen LogP contribution in [0.5, 0.6) is 0 Å². The summed E-state index contributed by atoms with van der Waals surface area (Å²) in [5.41, 5.74) is 0.388. The second-order valence-corrected chi connectivity index (χ2v) is 6.14. The summed E-state index contributed by atoms with van der Waals surface area (Å²) in [6.45, 7) is 2.96. The van der Waals surface area contributed by atoms with Crippen LogP contribution in [0.25, 0.3) is 10.2 Å². The summed E-state index contributed by atoms with van der Waals surface area (Å²) in [7, 11) is 0. The van der Waals surface area contributed by atoms with Gasteiger partial charge in [0.2, 0.25) is 0 Å². The summed E-state index contributed by atoms with van der Waals surface area (Å²) < 4.78 is 2.30. The minimum atomic E-state index is 0.0599. The van der Waals surface area contributed by atoms with Gasteiger partial charge in [0.05, 0.1) is 5.39 Å². The van der Waals surface area contributed by atoms with E-state index in [4.69, 9.17) is 12.2 Å². The van der Waals surface area contributed by atoms with Crippen molar-refractivity contribution in [3.05, 3.63) is 26.6 Å². The Hall–Kier alpha value is -0.940. The molecule has 0 unspecified atom stereocenters. The number of aromatic amines is 1. The minimum Gasteiger partial charge on any atom is -0.323 e. The SMILES string of the molecule is CCC1(Cn2c(=S)[nH]c3sccc3c2=O)CC1.